The van der Waals surface area contributed by atoms with E-state index in [1.165, 1.54) is 12.1 Å². The van der Waals surface area contributed by atoms with Crippen LogP contribution in [-0.4, -0.2) is 10.9 Å². The van der Waals surface area contributed by atoms with E-state index in [9.17, 15) is 9.18 Å². The molecule has 0 saturated heterocycles. The van der Waals surface area contributed by atoms with Crippen molar-refractivity contribution in [3.63, 3.8) is 0 Å². The van der Waals surface area contributed by atoms with Crippen LogP contribution in [0, 0.1) is 12.7 Å². The van der Waals surface area contributed by atoms with Crippen LogP contribution in [0.3, 0.4) is 0 Å². The van der Waals surface area contributed by atoms with Gasteiger partial charge in [-0.2, -0.15) is 0 Å². The molecule has 0 fully saturated rings. The Morgan fingerprint density at radius 3 is 2.48 bits per heavy atom. The molecule has 29 heavy (non-hydrogen) atoms. The van der Waals surface area contributed by atoms with Gasteiger partial charge in [0.05, 0.1) is 16.1 Å². The van der Waals surface area contributed by atoms with Gasteiger partial charge in [-0.25, -0.2) is 4.39 Å². The highest BCUT2D eigenvalue weighted by Gasteiger charge is 2.09. The molecule has 0 bridgehead atoms. The molecular formula is C24H19FN2OS. The summed E-state index contributed by atoms with van der Waals surface area (Å²) in [6.45, 7) is 2.44. The van der Waals surface area contributed by atoms with E-state index in [1.807, 2.05) is 48.7 Å². The van der Waals surface area contributed by atoms with E-state index in [0.29, 0.717) is 12.1 Å². The minimum absolute atomic E-state index is 0.155. The third kappa shape index (κ3) is 4.41. The van der Waals surface area contributed by atoms with Gasteiger partial charge in [0.2, 0.25) is 0 Å². The molecule has 1 N–H and O–H groups in total. The molecule has 144 valence electrons. The van der Waals surface area contributed by atoms with E-state index >= 15 is 0 Å². The van der Waals surface area contributed by atoms with Crippen molar-refractivity contribution in [2.75, 3.05) is 0 Å². The summed E-state index contributed by atoms with van der Waals surface area (Å²) in [5.41, 5.74) is 5.48. The first-order valence-corrected chi connectivity index (χ1v) is 10.1. The van der Waals surface area contributed by atoms with Gasteiger partial charge in [-0.15, -0.1) is 11.3 Å². The minimum Gasteiger partial charge on any atom is -0.348 e. The van der Waals surface area contributed by atoms with Gasteiger partial charge in [-0.05, 0) is 64.9 Å². The monoisotopic (exact) mass is 402 g/mol. The normalized spacial score (nSPS) is 10.7. The molecule has 5 heteroatoms. The van der Waals surface area contributed by atoms with E-state index in [-0.39, 0.29) is 11.7 Å². The predicted octanol–water partition coefficient (Wildman–Crippen LogP) is 5.85. The number of nitrogens with one attached hydrogen (secondary N) is 1. The third-order valence-corrected chi connectivity index (χ3v) is 5.65. The van der Waals surface area contributed by atoms with E-state index in [0.717, 1.165) is 32.8 Å². The summed E-state index contributed by atoms with van der Waals surface area (Å²) in [4.78, 5) is 17.9. The molecule has 2 aromatic heterocycles. The van der Waals surface area contributed by atoms with Crippen molar-refractivity contribution in [2.24, 2.45) is 0 Å². The minimum atomic E-state index is -0.247. The summed E-state index contributed by atoms with van der Waals surface area (Å²) in [5.74, 6) is -0.403. The number of pyridine rings is 1. The Hall–Kier alpha value is -3.31. The zero-order valence-corrected chi connectivity index (χ0v) is 16.7. The lowest BCUT2D eigenvalue weighted by Crippen LogP contribution is -2.23. The third-order valence-electron chi connectivity index (χ3n) is 4.76. The van der Waals surface area contributed by atoms with Gasteiger partial charge in [0.15, 0.2) is 0 Å². The van der Waals surface area contributed by atoms with Gasteiger partial charge < -0.3 is 5.32 Å². The Balaban J connectivity index is 1.42. The highest BCUT2D eigenvalue weighted by atomic mass is 32.1. The standard InChI is InChI=1S/C24H19FN2OS/c1-16-13-18(17-6-9-21(25)10-7-17)4-5-19(16)14-27-24(28)20-8-11-22(26-15-20)23-3-2-12-29-23/h2-13,15H,14H2,1H3,(H,27,28). The van der Waals surface area contributed by atoms with Crippen LogP contribution in [0.2, 0.25) is 0 Å². The molecule has 0 radical (unpaired) electrons. The van der Waals surface area contributed by atoms with Crippen molar-refractivity contribution in [3.05, 3.63) is 101 Å². The predicted molar refractivity (Wildman–Crippen MR) is 115 cm³/mol. The Morgan fingerprint density at radius 1 is 1.03 bits per heavy atom. The fourth-order valence-corrected chi connectivity index (χ4v) is 3.79. The molecular weight excluding hydrogens is 383 g/mol. The molecule has 3 nitrogen and oxygen atoms in total. The Bertz CT molecular complexity index is 1120. The maximum Gasteiger partial charge on any atom is 0.253 e. The second-order valence-corrected chi connectivity index (χ2v) is 7.69. The molecule has 0 aliphatic rings. The van der Waals surface area contributed by atoms with E-state index in [4.69, 9.17) is 0 Å². The lowest BCUT2D eigenvalue weighted by atomic mass is 10.00. The van der Waals surface area contributed by atoms with Crippen molar-refractivity contribution in [3.8, 4) is 21.7 Å². The van der Waals surface area contributed by atoms with Crippen molar-refractivity contribution < 1.29 is 9.18 Å². The topological polar surface area (TPSA) is 42.0 Å². The highest BCUT2D eigenvalue weighted by Crippen LogP contribution is 2.24. The molecule has 4 rings (SSSR count). The summed E-state index contributed by atoms with van der Waals surface area (Å²) in [6, 6.07) is 20.1. The molecule has 0 aliphatic carbocycles. The number of nitrogens with zero attached hydrogens (tertiary/aromatic N) is 1. The first-order valence-electron chi connectivity index (χ1n) is 9.24. The first-order chi connectivity index (χ1) is 14.1. The number of benzene rings is 2. The van der Waals surface area contributed by atoms with Crippen molar-refractivity contribution in [1.82, 2.24) is 10.3 Å². The quantitative estimate of drug-likeness (QED) is 0.455. The van der Waals surface area contributed by atoms with Gasteiger partial charge in [0.1, 0.15) is 5.82 Å². The maximum atomic E-state index is 13.1. The fourth-order valence-electron chi connectivity index (χ4n) is 3.09. The average Bonchev–Trinajstić information content (AvgIpc) is 3.28. The highest BCUT2D eigenvalue weighted by molar-refractivity contribution is 7.13. The lowest BCUT2D eigenvalue weighted by Gasteiger charge is -2.11. The molecule has 0 aliphatic heterocycles. The summed E-state index contributed by atoms with van der Waals surface area (Å²) in [6.07, 6.45) is 1.61. The van der Waals surface area contributed by atoms with Crippen LogP contribution in [0.25, 0.3) is 21.7 Å². The number of amides is 1. The molecule has 4 aromatic rings. The number of carbonyl (C=O) groups is 1. The fraction of sp³-hybridized carbons (Fsp3) is 0.0833. The number of thiophene rings is 1. The second kappa shape index (κ2) is 8.37. The summed E-state index contributed by atoms with van der Waals surface area (Å²) in [7, 11) is 0. The maximum absolute atomic E-state index is 13.1. The Labute approximate surface area is 172 Å². The largest absolute Gasteiger partial charge is 0.348 e. The number of halogens is 1. The molecule has 0 spiro atoms. The van der Waals surface area contributed by atoms with Crippen LogP contribution in [0.4, 0.5) is 4.39 Å². The van der Waals surface area contributed by atoms with Crippen molar-refractivity contribution >= 4 is 17.2 Å². The van der Waals surface area contributed by atoms with Crippen LogP contribution in [0.15, 0.2) is 78.3 Å². The number of aryl methyl sites for hydroxylation is 1. The number of hydrogen-bond donors (Lipinski definition) is 1. The molecule has 0 unspecified atom stereocenters. The van der Waals surface area contributed by atoms with Crippen molar-refractivity contribution in [2.45, 2.75) is 13.5 Å². The van der Waals surface area contributed by atoms with Crippen LogP contribution >= 0.6 is 11.3 Å². The number of rotatable bonds is 5. The molecule has 0 saturated carbocycles. The zero-order valence-electron chi connectivity index (χ0n) is 15.9. The molecule has 0 atom stereocenters. The van der Waals surface area contributed by atoms with Crippen LogP contribution < -0.4 is 5.32 Å². The Kier molecular flexibility index (Phi) is 5.49. The zero-order chi connectivity index (χ0) is 20.2. The average molecular weight is 402 g/mol. The van der Waals surface area contributed by atoms with Crippen molar-refractivity contribution in [1.29, 1.82) is 0 Å². The van der Waals surface area contributed by atoms with Gasteiger partial charge >= 0.3 is 0 Å². The van der Waals surface area contributed by atoms with Crippen LogP contribution in [0.5, 0.6) is 0 Å². The molecule has 1 amide bonds. The second-order valence-electron chi connectivity index (χ2n) is 6.74. The number of carbonyl (C=O) groups excluding carboxylic acids is 1. The SMILES string of the molecule is Cc1cc(-c2ccc(F)cc2)ccc1CNC(=O)c1ccc(-c2cccs2)nc1. The molecule has 2 heterocycles. The van der Waals surface area contributed by atoms with Crippen LogP contribution in [-0.2, 0) is 6.54 Å². The lowest BCUT2D eigenvalue weighted by molar-refractivity contribution is 0.0950. The van der Waals surface area contributed by atoms with Crippen LogP contribution in [0.1, 0.15) is 21.5 Å². The van der Waals surface area contributed by atoms with Gasteiger partial charge in [-0.1, -0.05) is 36.4 Å². The smallest absolute Gasteiger partial charge is 0.253 e. The van der Waals surface area contributed by atoms with Gasteiger partial charge in [-0.3, -0.25) is 9.78 Å². The van der Waals surface area contributed by atoms with E-state index in [2.05, 4.69) is 10.3 Å². The molecule has 2 aromatic carbocycles. The van der Waals surface area contributed by atoms with Gasteiger partial charge in [0.25, 0.3) is 5.91 Å². The first kappa shape index (κ1) is 19.0. The number of hydrogen-bond acceptors (Lipinski definition) is 3. The summed E-state index contributed by atoms with van der Waals surface area (Å²) < 4.78 is 13.1. The van der Waals surface area contributed by atoms with E-state index in [1.54, 1.807) is 35.7 Å². The van der Waals surface area contributed by atoms with E-state index < -0.39 is 0 Å². The van der Waals surface area contributed by atoms with Gasteiger partial charge in [0, 0.05) is 12.7 Å². The number of aromatic nitrogens is 1. The summed E-state index contributed by atoms with van der Waals surface area (Å²) in [5, 5.41) is 4.95. The Morgan fingerprint density at radius 2 is 1.83 bits per heavy atom. The summed E-state index contributed by atoms with van der Waals surface area (Å²) >= 11 is 1.62.